The maximum Gasteiger partial charge on any atom is 0.0367 e. The topological polar surface area (TPSA) is 27.3 Å². The summed E-state index contributed by atoms with van der Waals surface area (Å²) in [5.41, 5.74) is 2.64. The number of nitrogens with zero attached hydrogens (tertiary/aromatic N) is 1. The van der Waals surface area contributed by atoms with Gasteiger partial charge in [0.15, 0.2) is 0 Å². The Balaban J connectivity index is 1.49. The third-order valence-electron chi connectivity index (χ3n) is 5.01. The van der Waals surface area contributed by atoms with Crippen LogP contribution in [0.25, 0.3) is 0 Å². The zero-order chi connectivity index (χ0) is 14.5. The molecule has 0 spiro atoms. The van der Waals surface area contributed by atoms with Crippen LogP contribution >= 0.6 is 0 Å². The molecule has 1 aromatic carbocycles. The lowest BCUT2D eigenvalue weighted by Gasteiger charge is -2.32. The van der Waals surface area contributed by atoms with E-state index < -0.39 is 0 Å². The summed E-state index contributed by atoms with van der Waals surface area (Å²) >= 11 is 0. The minimum atomic E-state index is 0.780. The fraction of sp³-hybridized carbons (Fsp3) is 0.667. The van der Waals surface area contributed by atoms with Crippen LogP contribution in [0.3, 0.4) is 0 Å². The van der Waals surface area contributed by atoms with Crippen molar-refractivity contribution in [2.75, 3.05) is 42.9 Å². The first-order valence-electron chi connectivity index (χ1n) is 8.61. The van der Waals surface area contributed by atoms with Gasteiger partial charge < -0.3 is 15.5 Å². The second kappa shape index (κ2) is 7.17. The van der Waals surface area contributed by atoms with E-state index >= 15 is 0 Å². The van der Waals surface area contributed by atoms with Crippen LogP contribution in [0.5, 0.6) is 0 Å². The average molecular weight is 287 g/mol. The first-order chi connectivity index (χ1) is 10.3. The minimum Gasteiger partial charge on any atom is -0.385 e. The van der Waals surface area contributed by atoms with E-state index in [1.54, 1.807) is 0 Å². The highest BCUT2D eigenvalue weighted by atomic mass is 15.1. The molecule has 3 nitrogen and oxygen atoms in total. The molecule has 1 unspecified atom stereocenters. The monoisotopic (exact) mass is 287 g/mol. The van der Waals surface area contributed by atoms with Crippen LogP contribution in [0.15, 0.2) is 24.3 Å². The first-order valence-corrected chi connectivity index (χ1v) is 8.61. The molecule has 21 heavy (non-hydrogen) atoms. The van der Waals surface area contributed by atoms with Crippen molar-refractivity contribution in [3.63, 3.8) is 0 Å². The maximum absolute atomic E-state index is 3.59. The van der Waals surface area contributed by atoms with E-state index in [0.29, 0.717) is 0 Å². The zero-order valence-electron chi connectivity index (χ0n) is 13.3. The summed E-state index contributed by atoms with van der Waals surface area (Å²) in [7, 11) is 0. The summed E-state index contributed by atoms with van der Waals surface area (Å²) in [6, 6.07) is 9.03. The molecule has 2 heterocycles. The van der Waals surface area contributed by atoms with Gasteiger partial charge in [0.2, 0.25) is 0 Å². The van der Waals surface area contributed by atoms with Crippen LogP contribution in [0.2, 0.25) is 0 Å². The van der Waals surface area contributed by atoms with Crippen molar-refractivity contribution in [3.8, 4) is 0 Å². The number of anilines is 2. The van der Waals surface area contributed by atoms with Crippen molar-refractivity contribution < 1.29 is 0 Å². The lowest BCUT2D eigenvalue weighted by atomic mass is 9.98. The molecule has 0 radical (unpaired) electrons. The lowest BCUT2D eigenvalue weighted by Crippen LogP contribution is -2.33. The zero-order valence-corrected chi connectivity index (χ0v) is 13.3. The number of rotatable bonds is 4. The Bertz CT molecular complexity index is 415. The van der Waals surface area contributed by atoms with Crippen LogP contribution in [0.1, 0.15) is 32.6 Å². The van der Waals surface area contributed by atoms with Crippen molar-refractivity contribution in [2.24, 2.45) is 11.8 Å². The fourth-order valence-electron chi connectivity index (χ4n) is 3.42. The quantitative estimate of drug-likeness (QED) is 0.889. The van der Waals surface area contributed by atoms with Crippen LogP contribution < -0.4 is 15.5 Å². The van der Waals surface area contributed by atoms with Gasteiger partial charge in [-0.25, -0.2) is 0 Å². The molecule has 2 fully saturated rings. The molecular formula is C18H29N3. The predicted molar refractivity (Wildman–Crippen MR) is 91.1 cm³/mol. The molecule has 2 N–H and O–H groups in total. The highest BCUT2D eigenvalue weighted by molar-refractivity contribution is 5.55. The van der Waals surface area contributed by atoms with E-state index in [1.807, 2.05) is 0 Å². The third-order valence-corrected chi connectivity index (χ3v) is 5.01. The van der Waals surface area contributed by atoms with Crippen molar-refractivity contribution >= 4 is 11.4 Å². The predicted octanol–water partition coefficient (Wildman–Crippen LogP) is 3.33. The van der Waals surface area contributed by atoms with Gasteiger partial charge in [0.1, 0.15) is 0 Å². The van der Waals surface area contributed by atoms with Gasteiger partial charge in [-0.3, -0.25) is 0 Å². The second-order valence-corrected chi connectivity index (χ2v) is 6.81. The lowest BCUT2D eigenvalue weighted by molar-refractivity contribution is 0.393. The average Bonchev–Trinajstić information content (AvgIpc) is 2.55. The maximum atomic E-state index is 3.59. The van der Waals surface area contributed by atoms with E-state index in [1.165, 1.54) is 56.7 Å². The van der Waals surface area contributed by atoms with Gasteiger partial charge in [-0.2, -0.15) is 0 Å². The fourth-order valence-corrected chi connectivity index (χ4v) is 3.42. The Kier molecular flexibility index (Phi) is 5.02. The van der Waals surface area contributed by atoms with Gasteiger partial charge in [-0.1, -0.05) is 6.92 Å². The summed E-state index contributed by atoms with van der Waals surface area (Å²) in [5.74, 6) is 1.67. The van der Waals surface area contributed by atoms with Crippen LogP contribution in [0, 0.1) is 11.8 Å². The summed E-state index contributed by atoms with van der Waals surface area (Å²) < 4.78 is 0. The molecule has 116 valence electrons. The smallest absolute Gasteiger partial charge is 0.0367 e. The van der Waals surface area contributed by atoms with Crippen LogP contribution in [-0.4, -0.2) is 32.7 Å². The molecule has 0 saturated carbocycles. The van der Waals surface area contributed by atoms with Crippen molar-refractivity contribution in [2.45, 2.75) is 32.6 Å². The molecule has 1 aromatic rings. The Hall–Kier alpha value is -1.22. The molecule has 3 heteroatoms. The van der Waals surface area contributed by atoms with Gasteiger partial charge in [0, 0.05) is 31.0 Å². The van der Waals surface area contributed by atoms with Crippen LogP contribution in [-0.2, 0) is 0 Å². The Morgan fingerprint density at radius 1 is 1.14 bits per heavy atom. The van der Waals surface area contributed by atoms with Gasteiger partial charge in [0.25, 0.3) is 0 Å². The van der Waals surface area contributed by atoms with Crippen molar-refractivity contribution in [1.82, 2.24) is 5.32 Å². The second-order valence-electron chi connectivity index (χ2n) is 6.81. The van der Waals surface area contributed by atoms with E-state index in [9.17, 15) is 0 Å². The number of nitrogens with one attached hydrogen (secondary N) is 2. The van der Waals surface area contributed by atoms with E-state index in [-0.39, 0.29) is 0 Å². The van der Waals surface area contributed by atoms with E-state index in [2.05, 4.69) is 46.7 Å². The largest absolute Gasteiger partial charge is 0.385 e. The number of hydrogen-bond acceptors (Lipinski definition) is 3. The summed E-state index contributed by atoms with van der Waals surface area (Å²) in [6.45, 7) is 8.23. The Labute approximate surface area is 129 Å². The van der Waals surface area contributed by atoms with Crippen molar-refractivity contribution in [3.05, 3.63) is 24.3 Å². The molecule has 1 atom stereocenters. The highest BCUT2D eigenvalue weighted by Crippen LogP contribution is 2.24. The Morgan fingerprint density at radius 3 is 2.57 bits per heavy atom. The minimum absolute atomic E-state index is 0.780. The Morgan fingerprint density at radius 2 is 1.90 bits per heavy atom. The van der Waals surface area contributed by atoms with E-state index in [4.69, 9.17) is 0 Å². The van der Waals surface area contributed by atoms with E-state index in [0.717, 1.165) is 24.9 Å². The normalized spacial score (nSPS) is 24.0. The number of piperidine rings is 2. The molecule has 2 aliphatic rings. The molecule has 2 aliphatic heterocycles. The third kappa shape index (κ3) is 4.13. The number of hydrogen-bond donors (Lipinski definition) is 2. The van der Waals surface area contributed by atoms with Gasteiger partial charge >= 0.3 is 0 Å². The summed E-state index contributed by atoms with van der Waals surface area (Å²) in [6.07, 6.45) is 5.33. The standard InChI is InChI=1S/C18H29N3/c1-15-8-11-21(12-9-15)18-6-4-17(5-7-18)20-14-16-3-2-10-19-13-16/h4-7,15-16,19-20H,2-3,8-14H2,1H3. The van der Waals surface area contributed by atoms with Gasteiger partial charge in [-0.05, 0) is 74.9 Å². The summed E-state index contributed by atoms with van der Waals surface area (Å²) in [5, 5.41) is 7.07. The SMILES string of the molecule is CC1CCN(c2ccc(NCC3CCCNC3)cc2)CC1. The highest BCUT2D eigenvalue weighted by Gasteiger charge is 2.16. The summed E-state index contributed by atoms with van der Waals surface area (Å²) in [4.78, 5) is 2.52. The molecule has 0 aliphatic carbocycles. The molecule has 0 aromatic heterocycles. The number of benzene rings is 1. The first kappa shape index (κ1) is 14.7. The van der Waals surface area contributed by atoms with Gasteiger partial charge in [-0.15, -0.1) is 0 Å². The molecular weight excluding hydrogens is 258 g/mol. The molecule has 2 saturated heterocycles. The van der Waals surface area contributed by atoms with Gasteiger partial charge in [0.05, 0.1) is 0 Å². The molecule has 3 rings (SSSR count). The molecule has 0 amide bonds. The van der Waals surface area contributed by atoms with Crippen molar-refractivity contribution in [1.29, 1.82) is 0 Å². The van der Waals surface area contributed by atoms with Crippen LogP contribution in [0.4, 0.5) is 11.4 Å². The molecule has 0 bridgehead atoms.